The van der Waals surface area contributed by atoms with E-state index in [1.54, 1.807) is 5.32 Å². The molecule has 8 nitrogen and oxygen atoms in total. The number of hydrogen-bond donors (Lipinski definition) is 3. The molecule has 13 heteroatoms. The highest BCUT2D eigenvalue weighted by molar-refractivity contribution is 5.89. The van der Waals surface area contributed by atoms with E-state index >= 15 is 0 Å². The highest BCUT2D eigenvalue weighted by Crippen LogP contribution is 2.34. The molecular formula is C15H12F5N7O. The average molecular weight is 401 g/mol. The first-order chi connectivity index (χ1) is 13.1. The van der Waals surface area contributed by atoms with Crippen LogP contribution in [0.3, 0.4) is 0 Å². The van der Waals surface area contributed by atoms with E-state index in [9.17, 15) is 26.7 Å². The van der Waals surface area contributed by atoms with Gasteiger partial charge in [0.2, 0.25) is 5.95 Å². The molecule has 0 unspecified atom stereocenters. The summed E-state index contributed by atoms with van der Waals surface area (Å²) in [5.41, 5.74) is 4.62. The maximum absolute atomic E-state index is 13.9. The second-order valence-corrected chi connectivity index (χ2v) is 5.69. The summed E-state index contributed by atoms with van der Waals surface area (Å²) in [7, 11) is 1.15. The Bertz CT molecular complexity index is 1030. The molecule has 0 aliphatic carbocycles. The number of nitrogens with one attached hydrogen (secondary N) is 2. The number of aryl methyl sites for hydroxylation is 1. The quantitative estimate of drug-likeness (QED) is 0.585. The lowest BCUT2D eigenvalue weighted by molar-refractivity contribution is -0.156. The van der Waals surface area contributed by atoms with Gasteiger partial charge in [0.25, 0.3) is 0 Å². The number of imidazole rings is 1. The fourth-order valence-corrected chi connectivity index (χ4v) is 2.48. The number of hydrogen-bond acceptors (Lipinski definition) is 5. The van der Waals surface area contributed by atoms with Gasteiger partial charge in [-0.1, -0.05) is 0 Å². The number of alkyl halides is 3. The minimum absolute atomic E-state index is 0.00857. The Labute approximate surface area is 153 Å². The number of carbonyl (C=O) groups excluding carboxylic acids is 1. The molecule has 0 fully saturated rings. The van der Waals surface area contributed by atoms with Crippen molar-refractivity contribution in [1.82, 2.24) is 24.8 Å². The molecule has 2 heterocycles. The predicted octanol–water partition coefficient (Wildman–Crippen LogP) is 2.65. The van der Waals surface area contributed by atoms with Crippen LogP contribution in [0.4, 0.5) is 38.4 Å². The molecule has 0 saturated carbocycles. The van der Waals surface area contributed by atoms with Crippen molar-refractivity contribution in [1.29, 1.82) is 0 Å². The second-order valence-electron chi connectivity index (χ2n) is 5.69. The van der Waals surface area contributed by atoms with E-state index in [0.717, 1.165) is 30.1 Å². The number of nitrogen functional groups attached to an aromatic ring is 1. The Morgan fingerprint density at radius 2 is 1.86 bits per heavy atom. The SMILES string of the molecule is Cn1c([C@H](NC(=O)Nc2cnc(N)nc2)C(F)(F)F)nc2c(F)cc(F)cc21. The van der Waals surface area contributed by atoms with Crippen LogP contribution in [-0.2, 0) is 7.05 Å². The Hall–Kier alpha value is -3.51. The highest BCUT2D eigenvalue weighted by atomic mass is 19.4. The van der Waals surface area contributed by atoms with Crippen molar-refractivity contribution >= 4 is 28.7 Å². The summed E-state index contributed by atoms with van der Waals surface area (Å²) >= 11 is 0. The predicted molar refractivity (Wildman–Crippen MR) is 88.0 cm³/mol. The van der Waals surface area contributed by atoms with Crippen LogP contribution in [0.5, 0.6) is 0 Å². The van der Waals surface area contributed by atoms with Crippen LogP contribution in [-0.4, -0.2) is 31.7 Å². The molecule has 0 aliphatic rings. The van der Waals surface area contributed by atoms with Gasteiger partial charge in [0.15, 0.2) is 11.9 Å². The number of anilines is 2. The lowest BCUT2D eigenvalue weighted by Gasteiger charge is -2.21. The van der Waals surface area contributed by atoms with Crippen LogP contribution in [0, 0.1) is 11.6 Å². The van der Waals surface area contributed by atoms with Crippen molar-refractivity contribution in [2.24, 2.45) is 7.05 Å². The molecule has 1 aromatic carbocycles. The van der Waals surface area contributed by atoms with Crippen LogP contribution < -0.4 is 16.4 Å². The van der Waals surface area contributed by atoms with E-state index in [0.29, 0.717) is 6.07 Å². The summed E-state index contributed by atoms with van der Waals surface area (Å²) in [4.78, 5) is 22.8. The molecule has 28 heavy (non-hydrogen) atoms. The summed E-state index contributed by atoms with van der Waals surface area (Å²) in [5, 5.41) is 3.82. The van der Waals surface area contributed by atoms with Gasteiger partial charge in [0.05, 0.1) is 23.6 Å². The van der Waals surface area contributed by atoms with Crippen LogP contribution in [0.25, 0.3) is 11.0 Å². The average Bonchev–Trinajstić information content (AvgIpc) is 2.91. The van der Waals surface area contributed by atoms with Crippen LogP contribution in [0.2, 0.25) is 0 Å². The van der Waals surface area contributed by atoms with Crippen molar-refractivity contribution < 1.29 is 26.7 Å². The molecule has 0 aliphatic heterocycles. The number of rotatable bonds is 3. The third-order valence-corrected chi connectivity index (χ3v) is 3.73. The minimum Gasteiger partial charge on any atom is -0.368 e. The zero-order chi connectivity index (χ0) is 20.6. The lowest BCUT2D eigenvalue weighted by Crippen LogP contribution is -2.41. The zero-order valence-corrected chi connectivity index (χ0v) is 14.1. The third-order valence-electron chi connectivity index (χ3n) is 3.73. The largest absolute Gasteiger partial charge is 0.416 e. The van der Waals surface area contributed by atoms with Gasteiger partial charge >= 0.3 is 12.2 Å². The number of fused-ring (bicyclic) bond motifs is 1. The number of carbonyl (C=O) groups is 1. The molecule has 0 spiro atoms. The van der Waals surface area contributed by atoms with Gasteiger partial charge in [-0.05, 0) is 6.07 Å². The molecule has 148 valence electrons. The van der Waals surface area contributed by atoms with E-state index < -0.39 is 41.2 Å². The molecule has 2 amide bonds. The Morgan fingerprint density at radius 1 is 1.21 bits per heavy atom. The van der Waals surface area contributed by atoms with Crippen molar-refractivity contribution in [2.75, 3.05) is 11.1 Å². The Balaban J connectivity index is 1.94. The fourth-order valence-electron chi connectivity index (χ4n) is 2.48. The van der Waals surface area contributed by atoms with E-state index in [2.05, 4.69) is 20.3 Å². The highest BCUT2D eigenvalue weighted by Gasteiger charge is 2.45. The number of urea groups is 1. The number of aromatic nitrogens is 4. The van der Waals surface area contributed by atoms with Crippen molar-refractivity contribution in [2.45, 2.75) is 12.2 Å². The molecule has 4 N–H and O–H groups in total. The molecule has 2 aromatic heterocycles. The fraction of sp³-hybridized carbons (Fsp3) is 0.200. The molecule has 1 atom stereocenters. The van der Waals surface area contributed by atoms with Gasteiger partial charge in [0, 0.05) is 13.1 Å². The molecule has 0 bridgehead atoms. The summed E-state index contributed by atoms with van der Waals surface area (Å²) < 4.78 is 68.7. The monoisotopic (exact) mass is 401 g/mol. The molecule has 0 radical (unpaired) electrons. The number of amides is 2. The first kappa shape index (κ1) is 19.3. The molecule has 3 aromatic rings. The van der Waals surface area contributed by atoms with Crippen molar-refractivity contribution in [3.63, 3.8) is 0 Å². The van der Waals surface area contributed by atoms with E-state index in [1.807, 2.05) is 0 Å². The lowest BCUT2D eigenvalue weighted by atomic mass is 10.2. The molecule has 3 rings (SSSR count). The van der Waals surface area contributed by atoms with E-state index in [-0.39, 0.29) is 17.2 Å². The molecule has 0 saturated heterocycles. The summed E-state index contributed by atoms with van der Waals surface area (Å²) in [6.45, 7) is 0. The smallest absolute Gasteiger partial charge is 0.368 e. The number of nitrogens with two attached hydrogens (primary N) is 1. The van der Waals surface area contributed by atoms with Crippen LogP contribution in [0.1, 0.15) is 11.9 Å². The Morgan fingerprint density at radius 3 is 2.46 bits per heavy atom. The van der Waals surface area contributed by atoms with Crippen molar-refractivity contribution in [3.8, 4) is 0 Å². The number of halogens is 5. The summed E-state index contributed by atoms with van der Waals surface area (Å²) in [6.07, 6.45) is -2.78. The van der Waals surface area contributed by atoms with Crippen molar-refractivity contribution in [3.05, 3.63) is 42.0 Å². The number of benzene rings is 1. The van der Waals surface area contributed by atoms with Crippen LogP contribution in [0.15, 0.2) is 24.5 Å². The van der Waals surface area contributed by atoms with Gasteiger partial charge in [-0.3, -0.25) is 0 Å². The standard InChI is InChI=1S/C15H12F5N7O/c1-27-9-3-6(16)2-8(17)10(9)25-12(27)11(15(18,19)20)26-14(28)24-7-4-22-13(21)23-5-7/h2-5,11H,1H3,(H2,21,22,23)(H2,24,26,28)/t11-/m0/s1. The normalized spacial score (nSPS) is 12.8. The van der Waals surface area contributed by atoms with Gasteiger partial charge in [-0.15, -0.1) is 0 Å². The second kappa shape index (κ2) is 6.90. The molecular weight excluding hydrogens is 389 g/mol. The van der Waals surface area contributed by atoms with Gasteiger partial charge in [0.1, 0.15) is 17.2 Å². The first-order valence-corrected chi connectivity index (χ1v) is 7.59. The van der Waals surface area contributed by atoms with Gasteiger partial charge < -0.3 is 20.9 Å². The topological polar surface area (TPSA) is 111 Å². The van der Waals surface area contributed by atoms with Gasteiger partial charge in [-0.25, -0.2) is 28.5 Å². The van der Waals surface area contributed by atoms with E-state index in [1.165, 1.54) is 0 Å². The maximum atomic E-state index is 13.9. The minimum atomic E-state index is -4.97. The van der Waals surface area contributed by atoms with E-state index in [4.69, 9.17) is 5.73 Å². The summed E-state index contributed by atoms with van der Waals surface area (Å²) in [5.74, 6) is -2.91. The maximum Gasteiger partial charge on any atom is 0.416 e. The third kappa shape index (κ3) is 3.77. The van der Waals surface area contributed by atoms with Gasteiger partial charge in [-0.2, -0.15) is 13.2 Å². The zero-order valence-electron chi connectivity index (χ0n) is 14.1. The first-order valence-electron chi connectivity index (χ1n) is 7.59. The van der Waals surface area contributed by atoms with Crippen LogP contribution >= 0.6 is 0 Å². The summed E-state index contributed by atoms with van der Waals surface area (Å²) in [6, 6.07) is -2.49. The Kier molecular flexibility index (Phi) is 4.75. The number of nitrogens with zero attached hydrogens (tertiary/aromatic N) is 4.